The SMILES string of the molecule is N=C(N)c1cc2c(C#CC3CCCCC3)cccc2s1. The van der Waals surface area contributed by atoms with E-state index < -0.39 is 0 Å². The van der Waals surface area contributed by atoms with Crippen molar-refractivity contribution < 1.29 is 0 Å². The Morgan fingerprint density at radius 1 is 1.25 bits per heavy atom. The van der Waals surface area contributed by atoms with E-state index in [-0.39, 0.29) is 5.84 Å². The fourth-order valence-corrected chi connectivity index (χ4v) is 3.68. The summed E-state index contributed by atoms with van der Waals surface area (Å²) >= 11 is 1.56. The molecule has 1 fully saturated rings. The van der Waals surface area contributed by atoms with Crippen LogP contribution in [0.4, 0.5) is 0 Å². The third-order valence-electron chi connectivity index (χ3n) is 3.84. The van der Waals surface area contributed by atoms with E-state index >= 15 is 0 Å². The van der Waals surface area contributed by atoms with Crippen molar-refractivity contribution in [2.75, 3.05) is 0 Å². The Bertz CT molecular complexity index is 697. The van der Waals surface area contributed by atoms with Crippen molar-refractivity contribution in [1.82, 2.24) is 0 Å². The van der Waals surface area contributed by atoms with Gasteiger partial charge in [-0.3, -0.25) is 5.41 Å². The Labute approximate surface area is 123 Å². The largest absolute Gasteiger partial charge is 0.383 e. The van der Waals surface area contributed by atoms with Gasteiger partial charge in [-0.2, -0.15) is 0 Å². The second-order valence-corrected chi connectivity index (χ2v) is 6.43. The van der Waals surface area contributed by atoms with Crippen molar-refractivity contribution in [2.24, 2.45) is 11.7 Å². The zero-order valence-electron chi connectivity index (χ0n) is 11.4. The molecule has 1 aromatic carbocycles. The van der Waals surface area contributed by atoms with E-state index in [1.807, 2.05) is 12.1 Å². The zero-order valence-corrected chi connectivity index (χ0v) is 12.2. The van der Waals surface area contributed by atoms with Crippen LogP contribution in [0.25, 0.3) is 10.1 Å². The summed E-state index contributed by atoms with van der Waals surface area (Å²) in [5, 5.41) is 8.68. The van der Waals surface area contributed by atoms with Crippen LogP contribution < -0.4 is 5.73 Å². The molecule has 1 aliphatic rings. The van der Waals surface area contributed by atoms with Gasteiger partial charge in [0.2, 0.25) is 0 Å². The molecule has 0 radical (unpaired) electrons. The van der Waals surface area contributed by atoms with Gasteiger partial charge in [0.25, 0.3) is 0 Å². The van der Waals surface area contributed by atoms with E-state index in [1.165, 1.54) is 32.1 Å². The first-order valence-corrected chi connectivity index (χ1v) is 7.94. The second-order valence-electron chi connectivity index (χ2n) is 5.35. The summed E-state index contributed by atoms with van der Waals surface area (Å²) in [6, 6.07) is 8.16. The van der Waals surface area contributed by atoms with Gasteiger partial charge in [-0.05, 0) is 31.0 Å². The molecule has 0 atom stereocenters. The summed E-state index contributed by atoms with van der Waals surface area (Å²) in [5.74, 6) is 7.49. The van der Waals surface area contributed by atoms with Crippen molar-refractivity contribution in [3.8, 4) is 11.8 Å². The molecule has 102 valence electrons. The number of hydrogen-bond donors (Lipinski definition) is 2. The predicted molar refractivity (Wildman–Crippen MR) is 86.3 cm³/mol. The third kappa shape index (κ3) is 2.71. The normalized spacial score (nSPS) is 15.8. The van der Waals surface area contributed by atoms with Gasteiger partial charge >= 0.3 is 0 Å². The van der Waals surface area contributed by atoms with Gasteiger partial charge in [0.1, 0.15) is 5.84 Å². The maximum atomic E-state index is 7.55. The minimum atomic E-state index is 0.136. The molecule has 3 heteroatoms. The summed E-state index contributed by atoms with van der Waals surface area (Å²) < 4.78 is 1.16. The molecule has 1 saturated carbocycles. The Morgan fingerprint density at radius 3 is 2.80 bits per heavy atom. The average molecular weight is 282 g/mol. The van der Waals surface area contributed by atoms with E-state index in [2.05, 4.69) is 24.0 Å². The number of fused-ring (bicyclic) bond motifs is 1. The third-order valence-corrected chi connectivity index (χ3v) is 4.98. The van der Waals surface area contributed by atoms with Gasteiger partial charge < -0.3 is 5.73 Å². The highest BCUT2D eigenvalue weighted by molar-refractivity contribution is 7.20. The molecular weight excluding hydrogens is 264 g/mol. The molecule has 0 amide bonds. The second kappa shape index (κ2) is 5.68. The number of rotatable bonds is 1. The summed E-state index contributed by atoms with van der Waals surface area (Å²) in [6.07, 6.45) is 6.48. The number of hydrogen-bond acceptors (Lipinski definition) is 2. The van der Waals surface area contributed by atoms with Crippen LogP contribution in [0, 0.1) is 23.2 Å². The number of nitrogens with two attached hydrogens (primary N) is 1. The van der Waals surface area contributed by atoms with Gasteiger partial charge in [-0.25, -0.2) is 0 Å². The molecule has 0 saturated heterocycles. The summed E-state index contributed by atoms with van der Waals surface area (Å²) in [7, 11) is 0. The van der Waals surface area contributed by atoms with Crippen LogP contribution in [0.1, 0.15) is 42.5 Å². The molecule has 20 heavy (non-hydrogen) atoms. The standard InChI is InChI=1S/C17H18N2S/c18-17(19)16-11-14-13(7-4-8-15(14)20-16)10-9-12-5-2-1-3-6-12/h4,7-8,11-12H,1-3,5-6H2,(H3,18,19). The van der Waals surface area contributed by atoms with Crippen LogP contribution >= 0.6 is 11.3 Å². The molecule has 0 aliphatic heterocycles. The fraction of sp³-hybridized carbons (Fsp3) is 0.353. The lowest BCUT2D eigenvalue weighted by atomic mass is 9.89. The lowest BCUT2D eigenvalue weighted by Gasteiger charge is -2.15. The molecular formula is C17H18N2S. The topological polar surface area (TPSA) is 49.9 Å². The molecule has 0 spiro atoms. The van der Waals surface area contributed by atoms with Crippen LogP contribution in [0.15, 0.2) is 24.3 Å². The number of amidine groups is 1. The summed E-state index contributed by atoms with van der Waals surface area (Å²) in [5.41, 5.74) is 6.64. The zero-order chi connectivity index (χ0) is 13.9. The highest BCUT2D eigenvalue weighted by Crippen LogP contribution is 2.28. The molecule has 2 nitrogen and oxygen atoms in total. The molecule has 1 aromatic heterocycles. The Balaban J connectivity index is 1.94. The maximum Gasteiger partial charge on any atom is 0.133 e. The van der Waals surface area contributed by atoms with Crippen LogP contribution in [0.5, 0.6) is 0 Å². The average Bonchev–Trinajstić information content (AvgIpc) is 2.91. The van der Waals surface area contributed by atoms with E-state index in [0.717, 1.165) is 20.5 Å². The highest BCUT2D eigenvalue weighted by atomic mass is 32.1. The fourth-order valence-electron chi connectivity index (χ4n) is 2.73. The van der Waals surface area contributed by atoms with Crippen molar-refractivity contribution >= 4 is 27.3 Å². The van der Waals surface area contributed by atoms with Gasteiger partial charge in [0.05, 0.1) is 4.88 Å². The van der Waals surface area contributed by atoms with E-state index in [1.54, 1.807) is 11.3 Å². The first kappa shape index (κ1) is 13.2. The van der Waals surface area contributed by atoms with Crippen molar-refractivity contribution in [2.45, 2.75) is 32.1 Å². The molecule has 2 aromatic rings. The molecule has 3 rings (SSSR count). The Morgan fingerprint density at radius 2 is 2.05 bits per heavy atom. The van der Waals surface area contributed by atoms with Crippen molar-refractivity contribution in [3.05, 3.63) is 34.7 Å². The van der Waals surface area contributed by atoms with E-state index in [4.69, 9.17) is 11.1 Å². The molecule has 1 aliphatic carbocycles. The van der Waals surface area contributed by atoms with Crippen LogP contribution in [-0.2, 0) is 0 Å². The molecule has 0 unspecified atom stereocenters. The van der Waals surface area contributed by atoms with E-state index in [0.29, 0.717) is 5.92 Å². The van der Waals surface area contributed by atoms with Gasteiger partial charge in [0, 0.05) is 21.6 Å². The first-order chi connectivity index (χ1) is 9.74. The number of benzene rings is 1. The smallest absolute Gasteiger partial charge is 0.133 e. The van der Waals surface area contributed by atoms with Crippen LogP contribution in [-0.4, -0.2) is 5.84 Å². The number of nitrogens with one attached hydrogen (secondary N) is 1. The van der Waals surface area contributed by atoms with Crippen LogP contribution in [0.3, 0.4) is 0 Å². The number of thiophene rings is 1. The molecule has 0 bridgehead atoms. The van der Waals surface area contributed by atoms with Gasteiger partial charge in [-0.1, -0.05) is 37.2 Å². The predicted octanol–water partition coefficient (Wildman–Crippen LogP) is 4.12. The summed E-state index contributed by atoms with van der Waals surface area (Å²) in [6.45, 7) is 0. The van der Waals surface area contributed by atoms with Crippen molar-refractivity contribution in [1.29, 1.82) is 5.41 Å². The van der Waals surface area contributed by atoms with Crippen LogP contribution in [0.2, 0.25) is 0 Å². The van der Waals surface area contributed by atoms with Gasteiger partial charge in [0.15, 0.2) is 0 Å². The quantitative estimate of drug-likeness (QED) is 0.461. The molecule has 1 heterocycles. The molecule has 3 N–H and O–H groups in total. The van der Waals surface area contributed by atoms with Crippen molar-refractivity contribution in [3.63, 3.8) is 0 Å². The highest BCUT2D eigenvalue weighted by Gasteiger charge is 2.10. The Hall–Kier alpha value is -1.79. The lowest BCUT2D eigenvalue weighted by Crippen LogP contribution is -2.08. The summed E-state index contributed by atoms with van der Waals surface area (Å²) in [4.78, 5) is 0.826. The number of nitrogen functional groups attached to an aromatic ring is 1. The van der Waals surface area contributed by atoms with Gasteiger partial charge in [-0.15, -0.1) is 11.3 Å². The maximum absolute atomic E-state index is 7.55. The first-order valence-electron chi connectivity index (χ1n) is 7.12. The lowest BCUT2D eigenvalue weighted by molar-refractivity contribution is 0.430. The van der Waals surface area contributed by atoms with E-state index in [9.17, 15) is 0 Å². The minimum Gasteiger partial charge on any atom is -0.383 e. The Kier molecular flexibility index (Phi) is 3.75. The monoisotopic (exact) mass is 282 g/mol. The minimum absolute atomic E-state index is 0.136.